The normalized spacial score (nSPS) is 25.8. The number of carbonyl (C=O) groups excluding carboxylic acids is 1. The van der Waals surface area contributed by atoms with Gasteiger partial charge in [-0.2, -0.15) is 0 Å². The van der Waals surface area contributed by atoms with Crippen molar-refractivity contribution in [2.24, 2.45) is 0 Å². The van der Waals surface area contributed by atoms with Crippen molar-refractivity contribution in [1.82, 2.24) is 10.3 Å². The minimum Gasteiger partial charge on any atom is -0.447 e. The van der Waals surface area contributed by atoms with E-state index in [1.165, 1.54) is 27.3 Å². The van der Waals surface area contributed by atoms with Crippen molar-refractivity contribution < 1.29 is 11.0 Å². The lowest BCUT2D eigenvalue weighted by molar-refractivity contribution is 0.172. The van der Waals surface area contributed by atoms with Crippen LogP contribution < -0.4 is 5.32 Å². The first-order chi connectivity index (χ1) is 12.6. The Morgan fingerprint density at radius 2 is 2.19 bits per heavy atom. The number of rotatable bonds is 1. The highest BCUT2D eigenvalue weighted by atomic mass is 32.1. The lowest BCUT2D eigenvalue weighted by Crippen LogP contribution is -2.40. The van der Waals surface area contributed by atoms with Crippen LogP contribution in [0.1, 0.15) is 62.3 Å². The van der Waals surface area contributed by atoms with E-state index in [9.17, 15) is 4.79 Å². The lowest BCUT2D eigenvalue weighted by Gasteiger charge is -2.21. The zero-order valence-electron chi connectivity index (χ0n) is 15.7. The summed E-state index contributed by atoms with van der Waals surface area (Å²) in [6, 6.07) is 6.97. The second kappa shape index (κ2) is 6.69. The van der Waals surface area contributed by atoms with Crippen molar-refractivity contribution in [2.75, 3.05) is 6.61 Å². The fourth-order valence-electron chi connectivity index (χ4n) is 4.55. The Balaban J connectivity index is 0.000000680. The summed E-state index contributed by atoms with van der Waals surface area (Å²) in [6.07, 6.45) is 4.99. The van der Waals surface area contributed by atoms with Gasteiger partial charge in [-0.1, -0.05) is 32.0 Å². The number of ether oxygens (including phenoxy) is 1. The molecule has 1 aromatic heterocycles. The number of nitrogens with zero attached hydrogens (tertiary/aromatic N) is 1. The monoisotopic (exact) mass is 372 g/mol. The first-order valence-electron chi connectivity index (χ1n) is 9.66. The number of benzene rings is 1. The molecule has 0 bridgehead atoms. The number of hydrogen-bond donors (Lipinski definition) is 1. The fraction of sp³-hybridized carbons (Fsp3) is 0.524. The van der Waals surface area contributed by atoms with E-state index in [1.54, 1.807) is 0 Å². The highest BCUT2D eigenvalue weighted by Crippen LogP contribution is 2.45. The van der Waals surface area contributed by atoms with Crippen LogP contribution in [-0.4, -0.2) is 23.2 Å². The maximum atomic E-state index is 11.4. The number of cyclic esters (lactones) is 1. The number of hydrogen-bond acceptors (Lipinski definition) is 4. The summed E-state index contributed by atoms with van der Waals surface area (Å²) in [5.74, 6) is 0.516. The molecule has 1 N–H and O–H groups in total. The largest absolute Gasteiger partial charge is 0.447 e. The van der Waals surface area contributed by atoms with E-state index in [2.05, 4.69) is 35.4 Å². The molecule has 2 fully saturated rings. The summed E-state index contributed by atoms with van der Waals surface area (Å²) in [5.41, 5.74) is 5.38. The zero-order valence-corrected chi connectivity index (χ0v) is 16.5. The van der Waals surface area contributed by atoms with Gasteiger partial charge in [0.15, 0.2) is 0 Å². The van der Waals surface area contributed by atoms with E-state index in [4.69, 9.17) is 4.74 Å². The van der Waals surface area contributed by atoms with Gasteiger partial charge in [-0.25, -0.2) is 9.78 Å². The van der Waals surface area contributed by atoms with Crippen LogP contribution in [0.25, 0.3) is 10.4 Å². The summed E-state index contributed by atoms with van der Waals surface area (Å²) >= 11 is 1.81. The van der Waals surface area contributed by atoms with E-state index < -0.39 is 0 Å². The van der Waals surface area contributed by atoms with E-state index >= 15 is 0 Å². The molecular weight excluding hydrogens is 344 g/mol. The van der Waals surface area contributed by atoms with E-state index in [1.807, 2.05) is 25.2 Å². The molecule has 3 aliphatic rings. The van der Waals surface area contributed by atoms with Crippen molar-refractivity contribution in [1.29, 1.82) is 0 Å². The van der Waals surface area contributed by atoms with Crippen molar-refractivity contribution in [3.8, 4) is 10.4 Å². The molecule has 2 atom stereocenters. The van der Waals surface area contributed by atoms with Crippen LogP contribution >= 0.6 is 11.3 Å². The van der Waals surface area contributed by atoms with Crippen molar-refractivity contribution in [3.63, 3.8) is 0 Å². The first-order valence-corrected chi connectivity index (χ1v) is 10.5. The molecule has 26 heavy (non-hydrogen) atoms. The number of aryl methyl sites for hydroxylation is 3. The number of fused-ring (bicyclic) bond motifs is 3. The Morgan fingerprint density at radius 3 is 2.96 bits per heavy atom. The molecule has 4 nitrogen and oxygen atoms in total. The Bertz CT molecular complexity index is 851. The first kappa shape index (κ1) is 17.5. The van der Waals surface area contributed by atoms with Crippen molar-refractivity contribution >= 4 is 17.4 Å². The quantitative estimate of drug-likeness (QED) is 0.745. The van der Waals surface area contributed by atoms with Crippen LogP contribution in [0.15, 0.2) is 18.2 Å². The van der Waals surface area contributed by atoms with Crippen LogP contribution in [0.4, 0.5) is 4.79 Å². The van der Waals surface area contributed by atoms with E-state index in [0.29, 0.717) is 12.5 Å². The number of amides is 1. The smallest absolute Gasteiger partial charge is 0.407 e. The number of thiazole rings is 1. The van der Waals surface area contributed by atoms with Crippen LogP contribution in [0.2, 0.25) is 0 Å². The maximum Gasteiger partial charge on any atom is 0.407 e. The van der Waals surface area contributed by atoms with Gasteiger partial charge in [0, 0.05) is 1.43 Å². The van der Waals surface area contributed by atoms with Gasteiger partial charge in [-0.3, -0.25) is 0 Å². The Labute approximate surface area is 160 Å². The van der Waals surface area contributed by atoms with Crippen LogP contribution in [-0.2, 0) is 17.6 Å². The molecule has 1 aliphatic heterocycles. The molecule has 0 radical (unpaired) electrons. The molecule has 5 heteroatoms. The third kappa shape index (κ3) is 2.92. The SMILES string of the molecule is CC.Cc1nc2c(s1)-c1ccc([C@H]3CC[C@]4(COC(=O)N4)C3)cc1CC2.[HH]. The Kier molecular flexibility index (Phi) is 4.51. The molecule has 1 saturated heterocycles. The van der Waals surface area contributed by atoms with Gasteiger partial charge in [0.05, 0.1) is 21.1 Å². The second-order valence-corrected chi connectivity index (χ2v) is 8.55. The standard InChI is InChI=1S/C19H20N2O2S.C2H6.H2/c1-11-20-16-5-3-13-8-12(2-4-15(13)17(16)24-11)14-6-7-19(9-14)10-23-18(22)21-19;1-2;/h2,4,8,14H,3,5-7,9-10H2,1H3,(H,21,22);1-2H3;1H/t14-,19+;;/m0../s1. The molecule has 2 aromatic rings. The topological polar surface area (TPSA) is 51.2 Å². The molecule has 1 aromatic carbocycles. The predicted octanol–water partition coefficient (Wildman–Crippen LogP) is 5.24. The zero-order chi connectivity index (χ0) is 18.3. The Hall–Kier alpha value is -1.88. The lowest BCUT2D eigenvalue weighted by atomic mass is 9.87. The molecule has 1 amide bonds. The molecule has 5 rings (SSSR count). The second-order valence-electron chi connectivity index (χ2n) is 7.35. The molecular formula is C21H28N2O2S. The van der Waals surface area contributed by atoms with Gasteiger partial charge in [-0.15, -0.1) is 11.3 Å². The molecule has 140 valence electrons. The van der Waals surface area contributed by atoms with Crippen molar-refractivity contribution in [3.05, 3.63) is 40.0 Å². The average molecular weight is 373 g/mol. The summed E-state index contributed by atoms with van der Waals surface area (Å²) < 4.78 is 5.15. The van der Waals surface area contributed by atoms with Gasteiger partial charge in [0.2, 0.25) is 0 Å². The minimum atomic E-state index is -0.255. The fourth-order valence-corrected chi connectivity index (χ4v) is 5.57. The number of carbonyl (C=O) groups is 1. The summed E-state index contributed by atoms with van der Waals surface area (Å²) in [7, 11) is 0. The molecule has 1 saturated carbocycles. The van der Waals surface area contributed by atoms with Gasteiger partial charge < -0.3 is 10.1 Å². The average Bonchev–Trinajstić information content (AvgIpc) is 3.35. The van der Waals surface area contributed by atoms with Crippen LogP contribution in [0.3, 0.4) is 0 Å². The number of aromatic nitrogens is 1. The van der Waals surface area contributed by atoms with Crippen LogP contribution in [0, 0.1) is 6.92 Å². The van der Waals surface area contributed by atoms with E-state index in [0.717, 1.165) is 37.1 Å². The highest BCUT2D eigenvalue weighted by molar-refractivity contribution is 7.15. The highest BCUT2D eigenvalue weighted by Gasteiger charge is 2.46. The third-order valence-corrected chi connectivity index (χ3v) is 6.78. The van der Waals surface area contributed by atoms with Gasteiger partial charge in [0.1, 0.15) is 6.61 Å². The summed E-state index contributed by atoms with van der Waals surface area (Å²) in [5, 5.41) is 4.20. The Morgan fingerprint density at radius 1 is 1.35 bits per heavy atom. The molecule has 0 unspecified atom stereocenters. The van der Waals surface area contributed by atoms with Gasteiger partial charge in [0.25, 0.3) is 0 Å². The molecule has 2 heterocycles. The summed E-state index contributed by atoms with van der Waals surface area (Å²) in [6.45, 7) is 6.61. The molecule has 1 spiro atoms. The molecule has 2 aliphatic carbocycles. The minimum absolute atomic E-state index is 0. The van der Waals surface area contributed by atoms with E-state index in [-0.39, 0.29) is 13.1 Å². The number of nitrogens with one attached hydrogen (secondary N) is 1. The van der Waals surface area contributed by atoms with Gasteiger partial charge >= 0.3 is 6.09 Å². The van der Waals surface area contributed by atoms with Gasteiger partial charge in [-0.05, 0) is 61.6 Å². The van der Waals surface area contributed by atoms with Crippen molar-refractivity contribution in [2.45, 2.75) is 64.3 Å². The maximum absolute atomic E-state index is 11.4. The predicted molar refractivity (Wildman–Crippen MR) is 107 cm³/mol. The van der Waals surface area contributed by atoms with Crippen LogP contribution in [0.5, 0.6) is 0 Å². The third-order valence-electron chi connectivity index (χ3n) is 5.74. The number of alkyl carbamates (subject to hydrolysis) is 1. The summed E-state index contributed by atoms with van der Waals surface area (Å²) in [4.78, 5) is 17.5.